The predicted molar refractivity (Wildman–Crippen MR) is 46.8 cm³/mol. The third-order valence-electron chi connectivity index (χ3n) is 1.62. The van der Waals surface area contributed by atoms with E-state index in [4.69, 9.17) is 14.6 Å². The highest BCUT2D eigenvalue weighted by Gasteiger charge is 2.33. The van der Waals surface area contributed by atoms with Gasteiger partial charge in [0.1, 0.15) is 6.61 Å². The minimum atomic E-state index is -0.969. The highest BCUT2D eigenvalue weighted by Crippen LogP contribution is 2.14. The summed E-state index contributed by atoms with van der Waals surface area (Å²) in [5.74, 6) is -0.969. The topological polar surface area (TPSA) is 41.9 Å². The molecule has 0 saturated carbocycles. The fourth-order valence-electron chi connectivity index (χ4n) is 0.984. The van der Waals surface area contributed by atoms with E-state index in [1.807, 2.05) is 27.9 Å². The lowest BCUT2D eigenvalue weighted by Gasteiger charge is -2.36. The number of ether oxygens (including phenoxy) is 2. The van der Waals surface area contributed by atoms with E-state index in [1.54, 1.807) is 4.90 Å². The summed E-state index contributed by atoms with van der Waals surface area (Å²) in [6.07, 6.45) is 0. The van der Waals surface area contributed by atoms with Crippen LogP contribution in [-0.4, -0.2) is 49.8 Å². The first-order valence-corrected chi connectivity index (χ1v) is 4.19. The van der Waals surface area contributed by atoms with Crippen LogP contribution < -0.4 is 0 Å². The molecular formula is C8H19NO3. The summed E-state index contributed by atoms with van der Waals surface area (Å²) < 4.78 is 10.7. The van der Waals surface area contributed by atoms with E-state index in [0.29, 0.717) is 13.2 Å². The van der Waals surface area contributed by atoms with E-state index in [0.717, 1.165) is 0 Å². The lowest BCUT2D eigenvalue weighted by atomic mass is 10.4. The van der Waals surface area contributed by atoms with Gasteiger partial charge >= 0.3 is 0 Å². The van der Waals surface area contributed by atoms with Crippen LogP contribution in [0.4, 0.5) is 0 Å². The van der Waals surface area contributed by atoms with Crippen molar-refractivity contribution in [3.8, 4) is 0 Å². The van der Waals surface area contributed by atoms with E-state index in [2.05, 4.69) is 0 Å². The van der Waals surface area contributed by atoms with E-state index in [9.17, 15) is 0 Å². The number of aliphatic hydroxyl groups excluding tert-OH is 1. The van der Waals surface area contributed by atoms with Crippen LogP contribution in [0.1, 0.15) is 13.8 Å². The normalized spacial score (nSPS) is 12.5. The first-order chi connectivity index (χ1) is 5.63. The Morgan fingerprint density at radius 3 is 1.75 bits per heavy atom. The van der Waals surface area contributed by atoms with Crippen molar-refractivity contribution in [3.63, 3.8) is 0 Å². The summed E-state index contributed by atoms with van der Waals surface area (Å²) >= 11 is 0. The molecule has 0 spiro atoms. The minimum absolute atomic E-state index is 0.165. The maximum absolute atomic E-state index is 9.12. The van der Waals surface area contributed by atoms with Crippen LogP contribution in [-0.2, 0) is 9.47 Å². The molecular weight excluding hydrogens is 158 g/mol. The molecule has 1 N–H and O–H groups in total. The van der Waals surface area contributed by atoms with Crippen LogP contribution >= 0.6 is 0 Å². The zero-order valence-corrected chi connectivity index (χ0v) is 8.33. The average molecular weight is 177 g/mol. The Kier molecular flexibility index (Phi) is 5.41. The zero-order chi connectivity index (χ0) is 9.61. The molecule has 0 aromatic rings. The lowest BCUT2D eigenvalue weighted by Crippen LogP contribution is -2.52. The SMILES string of the molecule is CCOC(CO)(OCC)N(C)C. The molecule has 0 atom stereocenters. The Morgan fingerprint density at radius 2 is 1.58 bits per heavy atom. The van der Waals surface area contributed by atoms with E-state index in [1.165, 1.54) is 0 Å². The van der Waals surface area contributed by atoms with Crippen LogP contribution in [0.15, 0.2) is 0 Å². The molecule has 0 rings (SSSR count). The molecule has 4 nitrogen and oxygen atoms in total. The van der Waals surface area contributed by atoms with Crippen molar-refractivity contribution in [2.45, 2.75) is 19.8 Å². The fourth-order valence-corrected chi connectivity index (χ4v) is 0.984. The fraction of sp³-hybridized carbons (Fsp3) is 1.00. The van der Waals surface area contributed by atoms with E-state index >= 15 is 0 Å². The van der Waals surface area contributed by atoms with Crippen molar-refractivity contribution in [2.24, 2.45) is 0 Å². The number of hydrogen-bond acceptors (Lipinski definition) is 4. The molecule has 0 bridgehead atoms. The van der Waals surface area contributed by atoms with Crippen molar-refractivity contribution in [2.75, 3.05) is 33.9 Å². The first-order valence-electron chi connectivity index (χ1n) is 4.19. The standard InChI is InChI=1S/C8H19NO3/c1-5-11-8(7-10,9(3)4)12-6-2/h10H,5-7H2,1-4H3. The summed E-state index contributed by atoms with van der Waals surface area (Å²) in [4.78, 5) is 1.72. The molecule has 0 saturated heterocycles. The summed E-state index contributed by atoms with van der Waals surface area (Å²) in [7, 11) is 3.61. The number of aliphatic hydroxyl groups is 1. The summed E-state index contributed by atoms with van der Waals surface area (Å²) in [5.41, 5.74) is 0. The van der Waals surface area contributed by atoms with Crippen molar-refractivity contribution < 1.29 is 14.6 Å². The van der Waals surface area contributed by atoms with Gasteiger partial charge in [0.25, 0.3) is 5.91 Å². The summed E-state index contributed by atoms with van der Waals surface area (Å²) in [6.45, 7) is 4.60. The Bertz CT molecular complexity index is 111. The molecule has 0 heterocycles. The van der Waals surface area contributed by atoms with Crippen LogP contribution in [0, 0.1) is 0 Å². The zero-order valence-electron chi connectivity index (χ0n) is 8.33. The van der Waals surface area contributed by atoms with Gasteiger partial charge in [-0.1, -0.05) is 0 Å². The second-order valence-corrected chi connectivity index (χ2v) is 2.63. The maximum atomic E-state index is 9.12. The molecule has 0 unspecified atom stereocenters. The monoisotopic (exact) mass is 177 g/mol. The highest BCUT2D eigenvalue weighted by molar-refractivity contribution is 4.64. The molecule has 0 fully saturated rings. The number of rotatable bonds is 6. The number of hydrogen-bond donors (Lipinski definition) is 1. The van der Waals surface area contributed by atoms with Crippen LogP contribution in [0.25, 0.3) is 0 Å². The van der Waals surface area contributed by atoms with E-state index in [-0.39, 0.29) is 6.61 Å². The Balaban J connectivity index is 4.28. The van der Waals surface area contributed by atoms with Crippen LogP contribution in [0.3, 0.4) is 0 Å². The van der Waals surface area contributed by atoms with Crippen LogP contribution in [0.5, 0.6) is 0 Å². The van der Waals surface area contributed by atoms with Crippen molar-refractivity contribution in [1.29, 1.82) is 0 Å². The van der Waals surface area contributed by atoms with Gasteiger partial charge in [-0.15, -0.1) is 0 Å². The lowest BCUT2D eigenvalue weighted by molar-refractivity contribution is -0.318. The third kappa shape index (κ3) is 2.71. The van der Waals surface area contributed by atoms with Gasteiger partial charge in [0, 0.05) is 13.2 Å². The van der Waals surface area contributed by atoms with Gasteiger partial charge in [0.15, 0.2) is 0 Å². The minimum Gasteiger partial charge on any atom is -0.389 e. The Morgan fingerprint density at radius 1 is 1.17 bits per heavy atom. The molecule has 74 valence electrons. The largest absolute Gasteiger partial charge is 0.389 e. The van der Waals surface area contributed by atoms with Gasteiger partial charge in [-0.25, -0.2) is 0 Å². The second kappa shape index (κ2) is 5.48. The van der Waals surface area contributed by atoms with Gasteiger partial charge in [0.2, 0.25) is 0 Å². The molecule has 0 aliphatic rings. The maximum Gasteiger partial charge on any atom is 0.253 e. The average Bonchev–Trinajstić information content (AvgIpc) is 2.03. The van der Waals surface area contributed by atoms with E-state index < -0.39 is 5.91 Å². The third-order valence-corrected chi connectivity index (χ3v) is 1.62. The molecule has 0 aliphatic carbocycles. The summed E-state index contributed by atoms with van der Waals surface area (Å²) in [6, 6.07) is 0. The Labute approximate surface area is 74.1 Å². The molecule has 0 radical (unpaired) electrons. The molecule has 0 aromatic carbocycles. The van der Waals surface area contributed by atoms with Gasteiger partial charge < -0.3 is 14.6 Å². The predicted octanol–water partition coefficient (Wildman–Crippen LogP) is 0.267. The van der Waals surface area contributed by atoms with Crippen LogP contribution in [0.2, 0.25) is 0 Å². The van der Waals surface area contributed by atoms with Gasteiger partial charge in [0.05, 0.1) is 0 Å². The van der Waals surface area contributed by atoms with Gasteiger partial charge in [-0.2, -0.15) is 0 Å². The summed E-state index contributed by atoms with van der Waals surface area (Å²) in [5, 5.41) is 9.12. The molecule has 0 amide bonds. The number of nitrogens with zero attached hydrogens (tertiary/aromatic N) is 1. The molecule has 0 aliphatic heterocycles. The molecule has 0 aromatic heterocycles. The van der Waals surface area contributed by atoms with Crippen molar-refractivity contribution in [3.05, 3.63) is 0 Å². The van der Waals surface area contributed by atoms with Crippen molar-refractivity contribution >= 4 is 0 Å². The number of likely N-dealkylation sites (N-methyl/N-ethyl adjacent to an activating group) is 1. The quantitative estimate of drug-likeness (QED) is 0.591. The van der Waals surface area contributed by atoms with Gasteiger partial charge in [-0.05, 0) is 27.9 Å². The molecule has 4 heteroatoms. The first kappa shape index (κ1) is 11.8. The second-order valence-electron chi connectivity index (χ2n) is 2.63. The Hall–Kier alpha value is -0.160. The smallest absolute Gasteiger partial charge is 0.253 e. The molecule has 12 heavy (non-hydrogen) atoms. The highest BCUT2D eigenvalue weighted by atomic mass is 16.7. The van der Waals surface area contributed by atoms with Gasteiger partial charge in [-0.3, -0.25) is 4.90 Å². The van der Waals surface area contributed by atoms with Crippen molar-refractivity contribution in [1.82, 2.24) is 4.90 Å².